The van der Waals surface area contributed by atoms with E-state index in [1.165, 1.54) is 0 Å². The zero-order valence-electron chi connectivity index (χ0n) is 12.8. The molecule has 0 aromatic heterocycles. The number of aliphatic hydroxyl groups is 1. The Morgan fingerprint density at radius 1 is 1.05 bits per heavy atom. The molecule has 1 unspecified atom stereocenters. The maximum absolute atomic E-state index is 10.3. The Hall–Kier alpha value is -2.00. The molecule has 3 heteroatoms. The van der Waals surface area contributed by atoms with Crippen molar-refractivity contribution in [3.05, 3.63) is 59.2 Å². The van der Waals surface area contributed by atoms with Crippen molar-refractivity contribution in [2.24, 2.45) is 0 Å². The van der Waals surface area contributed by atoms with Crippen LogP contribution in [0.15, 0.2) is 42.5 Å². The molecule has 112 valence electrons. The first-order valence-electron chi connectivity index (χ1n) is 7.12. The van der Waals surface area contributed by atoms with Gasteiger partial charge in [0.05, 0.1) is 19.8 Å². The Bertz CT molecular complexity index is 593. The number of rotatable bonds is 6. The molecule has 0 bridgehead atoms. The van der Waals surface area contributed by atoms with Crippen LogP contribution in [0.4, 0.5) is 0 Å². The van der Waals surface area contributed by atoms with E-state index in [0.717, 1.165) is 22.4 Å². The van der Waals surface area contributed by atoms with E-state index >= 15 is 0 Å². The van der Waals surface area contributed by atoms with Crippen LogP contribution in [0.2, 0.25) is 0 Å². The molecule has 2 aromatic carbocycles. The fraction of sp³-hybridized carbons (Fsp3) is 0.333. The summed E-state index contributed by atoms with van der Waals surface area (Å²) in [6.45, 7) is 4.49. The summed E-state index contributed by atoms with van der Waals surface area (Å²) in [5, 5.41) is 10.3. The molecule has 0 saturated heterocycles. The van der Waals surface area contributed by atoms with Gasteiger partial charge >= 0.3 is 0 Å². The standard InChI is InChI=1S/C18H22O3/c1-13-5-4-6-15(11-13)21-10-9-17(19)16-12-14(2)7-8-18(16)20-3/h4-8,11-12,17,19H,9-10H2,1-3H3. The number of methoxy groups -OCH3 is 1. The molecule has 0 aliphatic carbocycles. The molecule has 0 aliphatic heterocycles. The van der Waals surface area contributed by atoms with Crippen molar-refractivity contribution < 1.29 is 14.6 Å². The molecular weight excluding hydrogens is 264 g/mol. The molecule has 1 N–H and O–H groups in total. The maximum Gasteiger partial charge on any atom is 0.124 e. The van der Waals surface area contributed by atoms with E-state index in [4.69, 9.17) is 9.47 Å². The largest absolute Gasteiger partial charge is 0.496 e. The first-order valence-corrected chi connectivity index (χ1v) is 7.12. The van der Waals surface area contributed by atoms with E-state index in [0.29, 0.717) is 18.8 Å². The topological polar surface area (TPSA) is 38.7 Å². The van der Waals surface area contributed by atoms with E-state index in [9.17, 15) is 5.11 Å². The summed E-state index contributed by atoms with van der Waals surface area (Å²) in [7, 11) is 1.62. The molecule has 3 nitrogen and oxygen atoms in total. The van der Waals surface area contributed by atoms with Gasteiger partial charge in [-0.05, 0) is 43.7 Å². The predicted octanol–water partition coefficient (Wildman–Crippen LogP) is 3.81. The number of aliphatic hydroxyl groups excluding tert-OH is 1. The first kappa shape index (κ1) is 15.4. The third-order valence-electron chi connectivity index (χ3n) is 3.39. The van der Waals surface area contributed by atoms with Crippen molar-refractivity contribution in [2.75, 3.05) is 13.7 Å². The highest BCUT2D eigenvalue weighted by Gasteiger charge is 2.13. The zero-order valence-corrected chi connectivity index (χ0v) is 12.8. The van der Waals surface area contributed by atoms with Crippen molar-refractivity contribution in [3.63, 3.8) is 0 Å². The van der Waals surface area contributed by atoms with Gasteiger partial charge in [-0.3, -0.25) is 0 Å². The van der Waals surface area contributed by atoms with Crippen LogP contribution in [0.5, 0.6) is 11.5 Å². The van der Waals surface area contributed by atoms with E-state index < -0.39 is 6.10 Å². The second-order valence-electron chi connectivity index (χ2n) is 5.21. The summed E-state index contributed by atoms with van der Waals surface area (Å²) in [6, 6.07) is 13.7. The molecule has 0 spiro atoms. The van der Waals surface area contributed by atoms with Crippen LogP contribution in [0.1, 0.15) is 29.2 Å². The summed E-state index contributed by atoms with van der Waals surface area (Å²) in [5.74, 6) is 1.54. The van der Waals surface area contributed by atoms with Gasteiger partial charge in [-0.2, -0.15) is 0 Å². The van der Waals surface area contributed by atoms with Gasteiger partial charge in [0.15, 0.2) is 0 Å². The van der Waals surface area contributed by atoms with E-state index in [1.807, 2.05) is 56.3 Å². The second kappa shape index (κ2) is 7.14. The molecular formula is C18H22O3. The highest BCUT2D eigenvalue weighted by Crippen LogP contribution is 2.28. The summed E-state index contributed by atoms with van der Waals surface area (Å²) >= 11 is 0. The molecule has 2 aromatic rings. The van der Waals surface area contributed by atoms with Crippen LogP contribution in [0, 0.1) is 13.8 Å². The quantitative estimate of drug-likeness (QED) is 0.877. The highest BCUT2D eigenvalue weighted by molar-refractivity contribution is 5.38. The van der Waals surface area contributed by atoms with Crippen LogP contribution in [0.3, 0.4) is 0 Å². The van der Waals surface area contributed by atoms with Gasteiger partial charge in [-0.1, -0.05) is 23.8 Å². The van der Waals surface area contributed by atoms with Gasteiger partial charge in [-0.15, -0.1) is 0 Å². The van der Waals surface area contributed by atoms with Crippen LogP contribution in [-0.2, 0) is 0 Å². The Kier molecular flexibility index (Phi) is 5.23. The van der Waals surface area contributed by atoms with Crippen molar-refractivity contribution in [1.29, 1.82) is 0 Å². The van der Waals surface area contributed by atoms with Crippen LogP contribution in [0.25, 0.3) is 0 Å². The average Bonchev–Trinajstić information content (AvgIpc) is 2.47. The molecule has 21 heavy (non-hydrogen) atoms. The average molecular weight is 286 g/mol. The second-order valence-corrected chi connectivity index (χ2v) is 5.21. The third kappa shape index (κ3) is 4.23. The third-order valence-corrected chi connectivity index (χ3v) is 3.39. The highest BCUT2D eigenvalue weighted by atomic mass is 16.5. The van der Waals surface area contributed by atoms with Crippen molar-refractivity contribution >= 4 is 0 Å². The molecule has 1 atom stereocenters. The number of hydrogen-bond acceptors (Lipinski definition) is 3. The molecule has 0 aliphatic rings. The van der Waals surface area contributed by atoms with Gasteiger partial charge in [0.25, 0.3) is 0 Å². The van der Waals surface area contributed by atoms with Crippen molar-refractivity contribution in [2.45, 2.75) is 26.4 Å². The van der Waals surface area contributed by atoms with Gasteiger partial charge in [0.2, 0.25) is 0 Å². The Morgan fingerprint density at radius 3 is 2.52 bits per heavy atom. The van der Waals surface area contributed by atoms with E-state index in [1.54, 1.807) is 7.11 Å². The zero-order chi connectivity index (χ0) is 15.2. The minimum Gasteiger partial charge on any atom is -0.496 e. The minimum atomic E-state index is -0.593. The van der Waals surface area contributed by atoms with Crippen LogP contribution in [-0.4, -0.2) is 18.8 Å². The Morgan fingerprint density at radius 2 is 1.81 bits per heavy atom. The molecule has 0 saturated carbocycles. The normalized spacial score (nSPS) is 12.0. The molecule has 2 rings (SSSR count). The smallest absolute Gasteiger partial charge is 0.124 e. The monoisotopic (exact) mass is 286 g/mol. The van der Waals surface area contributed by atoms with Crippen molar-refractivity contribution in [1.82, 2.24) is 0 Å². The molecule has 0 heterocycles. The SMILES string of the molecule is COc1ccc(C)cc1C(O)CCOc1cccc(C)c1. The lowest BCUT2D eigenvalue weighted by molar-refractivity contribution is 0.137. The van der Waals surface area contributed by atoms with E-state index in [-0.39, 0.29) is 0 Å². The fourth-order valence-corrected chi connectivity index (χ4v) is 2.26. The first-order chi connectivity index (χ1) is 10.1. The van der Waals surface area contributed by atoms with Gasteiger partial charge in [0.1, 0.15) is 11.5 Å². The number of aryl methyl sites for hydroxylation is 2. The lowest BCUT2D eigenvalue weighted by Gasteiger charge is -2.16. The van der Waals surface area contributed by atoms with Gasteiger partial charge in [0, 0.05) is 12.0 Å². The summed E-state index contributed by atoms with van der Waals surface area (Å²) in [4.78, 5) is 0. The molecule has 0 fully saturated rings. The number of hydrogen-bond donors (Lipinski definition) is 1. The summed E-state index contributed by atoms with van der Waals surface area (Å²) in [6.07, 6.45) is -0.0713. The maximum atomic E-state index is 10.3. The fourth-order valence-electron chi connectivity index (χ4n) is 2.26. The van der Waals surface area contributed by atoms with Crippen LogP contribution < -0.4 is 9.47 Å². The minimum absolute atomic E-state index is 0.460. The Labute approximate surface area is 126 Å². The number of benzene rings is 2. The predicted molar refractivity (Wildman–Crippen MR) is 84.0 cm³/mol. The van der Waals surface area contributed by atoms with Crippen molar-refractivity contribution in [3.8, 4) is 11.5 Å². The molecule has 0 amide bonds. The van der Waals surface area contributed by atoms with Gasteiger partial charge in [-0.25, -0.2) is 0 Å². The van der Waals surface area contributed by atoms with E-state index in [2.05, 4.69) is 0 Å². The molecule has 0 radical (unpaired) electrons. The lowest BCUT2D eigenvalue weighted by atomic mass is 10.0. The van der Waals surface area contributed by atoms with Gasteiger partial charge < -0.3 is 14.6 Å². The number of ether oxygens (including phenoxy) is 2. The Balaban J connectivity index is 1.95. The summed E-state index contributed by atoms with van der Waals surface area (Å²) in [5.41, 5.74) is 3.07. The van der Waals surface area contributed by atoms with Crippen LogP contribution >= 0.6 is 0 Å². The lowest BCUT2D eigenvalue weighted by Crippen LogP contribution is -2.07. The summed E-state index contributed by atoms with van der Waals surface area (Å²) < 4.78 is 11.0.